The molecule has 0 atom stereocenters. The highest BCUT2D eigenvalue weighted by molar-refractivity contribution is 7.73. The lowest BCUT2D eigenvalue weighted by molar-refractivity contribution is 0.695. The van der Waals surface area contributed by atoms with Gasteiger partial charge in [0.25, 0.3) is 0 Å². The smallest absolute Gasteiger partial charge is 0.0329 e. The zero-order valence-electron chi connectivity index (χ0n) is 2.39. The zero-order valence-corrected chi connectivity index (χ0v) is 3.21. The molecule has 1 nitrogen and oxygen atoms in total. The monoisotopic (exact) mass is 76.0 g/mol. The molecule has 0 aromatic heterocycles. The van der Waals surface area contributed by atoms with Gasteiger partial charge in [0.1, 0.15) is 0 Å². The third kappa shape index (κ3) is 28.8. The average Bonchev–Trinajstić information content (AvgIpc) is 0.811. The van der Waals surface area contributed by atoms with Crippen molar-refractivity contribution in [2.24, 2.45) is 0 Å². The van der Waals surface area contributed by atoms with Crippen LogP contribution in [0.1, 0.15) is 0 Å². The molecule has 0 rings (SSSR count). The third-order valence-electron chi connectivity index (χ3n) is 0. The Bertz CT molecular complexity index is 96.2. The van der Waals surface area contributed by atoms with Crippen molar-refractivity contribution >= 4 is 10.2 Å². The van der Waals surface area contributed by atoms with Gasteiger partial charge in [-0.1, -0.05) is 5.69 Å². The molecule has 0 saturated heterocycles. The van der Waals surface area contributed by atoms with Crippen LogP contribution in [0.2, 0.25) is 0 Å². The molecule has 0 N–H and O–H groups in total. The summed E-state index contributed by atoms with van der Waals surface area (Å²) < 4.78 is 9.33. The van der Waals surface area contributed by atoms with Crippen LogP contribution in [0.15, 0.2) is 0 Å². The molecule has 0 aromatic carbocycles. The minimum Gasteiger partial charge on any atom is -0.222 e. The summed E-state index contributed by atoms with van der Waals surface area (Å²) in [5.74, 6) is 0. The van der Waals surface area contributed by atoms with Gasteiger partial charge in [0.2, 0.25) is 0 Å². The van der Waals surface area contributed by atoms with E-state index >= 15 is 0 Å². The molecule has 0 bridgehead atoms. The second kappa shape index (κ2) is 1.16. The van der Waals surface area contributed by atoms with Gasteiger partial charge in [-0.2, -0.15) is 0 Å². The first-order valence-corrected chi connectivity index (χ1v) is 2.43. The van der Waals surface area contributed by atoms with Crippen molar-refractivity contribution in [1.29, 1.82) is 0 Å². The van der Waals surface area contributed by atoms with Crippen LogP contribution in [-0.2, 0) is 10.2 Å². The Morgan fingerprint density at radius 2 is 2.00 bits per heavy atom. The third-order valence-corrected chi connectivity index (χ3v) is 0. The maximum absolute atomic E-state index is 9.33. The van der Waals surface area contributed by atoms with Gasteiger partial charge in [-0.05, 0) is 0 Å². The van der Waals surface area contributed by atoms with E-state index in [1.165, 1.54) is 6.26 Å². The molecule has 0 amide bonds. The van der Waals surface area contributed by atoms with Crippen LogP contribution >= 0.6 is 0 Å². The quantitative estimate of drug-likeness (QED) is 0.395. The Kier molecular flexibility index (Phi) is 1.10. The Balaban J connectivity index is 3.85. The topological polar surface area (TPSA) is 17.1 Å². The van der Waals surface area contributed by atoms with E-state index in [9.17, 15) is 4.21 Å². The largest absolute Gasteiger partial charge is 0.222 e. The van der Waals surface area contributed by atoms with E-state index in [0.29, 0.717) is 0 Å². The molecule has 0 aliphatic heterocycles. The SMILES string of the molecule is C#S(C)=O. The highest BCUT2D eigenvalue weighted by Gasteiger charge is 1.34. The van der Waals surface area contributed by atoms with Crippen molar-refractivity contribution < 1.29 is 4.21 Å². The highest BCUT2D eigenvalue weighted by atomic mass is 32.2. The molecule has 0 aromatic rings. The number of hydrogen-bond acceptors (Lipinski definition) is 1. The lowest BCUT2D eigenvalue weighted by atomic mass is 11.9. The molecule has 0 saturated carbocycles. The lowest BCUT2D eigenvalue weighted by Crippen LogP contribution is -1.46. The summed E-state index contributed by atoms with van der Waals surface area (Å²) in [5, 5.41) is 0. The number of hydrogen-bond donors (Lipinski definition) is 0. The standard InChI is InChI=1S/C2H4OS/c1-4(2)3/h1H,2H3. The van der Waals surface area contributed by atoms with Gasteiger partial charge in [0.05, 0.1) is 0 Å². The molecule has 0 aliphatic rings. The molecule has 4 heavy (non-hydrogen) atoms. The first-order chi connectivity index (χ1) is 1.73. The molecule has 2 heteroatoms. The summed E-state index contributed by atoms with van der Waals surface area (Å²) >= 11 is 0. The first kappa shape index (κ1) is 3.80. The highest BCUT2D eigenvalue weighted by Crippen LogP contribution is 1.26. The predicted octanol–water partition coefficient (Wildman–Crippen LogP) is -0.0461. The molecule has 0 fully saturated rings. The summed E-state index contributed by atoms with van der Waals surface area (Å²) in [4.78, 5) is 0. The second-order valence-electron chi connectivity index (χ2n) is 0.499. The van der Waals surface area contributed by atoms with Gasteiger partial charge in [-0.15, -0.1) is 0 Å². The van der Waals surface area contributed by atoms with Crippen molar-refractivity contribution in [3.8, 4) is 5.69 Å². The van der Waals surface area contributed by atoms with E-state index in [1.807, 2.05) is 0 Å². The van der Waals surface area contributed by atoms with Crippen LogP contribution in [-0.4, -0.2) is 10.5 Å². The van der Waals surface area contributed by atoms with Crippen molar-refractivity contribution in [2.75, 3.05) is 6.26 Å². The van der Waals surface area contributed by atoms with E-state index in [4.69, 9.17) is 0 Å². The fraction of sp³-hybridized carbons (Fsp3) is 0.500. The zero-order chi connectivity index (χ0) is 3.58. The number of rotatable bonds is 0. The van der Waals surface area contributed by atoms with Crippen LogP contribution in [0, 0.1) is 5.69 Å². The van der Waals surface area contributed by atoms with Gasteiger partial charge >= 0.3 is 0 Å². The maximum Gasteiger partial charge on any atom is 0.0329 e. The van der Waals surface area contributed by atoms with Crippen LogP contribution in [0.3, 0.4) is 0 Å². The van der Waals surface area contributed by atoms with E-state index in [2.05, 4.69) is 5.69 Å². The van der Waals surface area contributed by atoms with Gasteiger partial charge in [0, 0.05) is 16.5 Å². The molecule has 24 valence electrons. The van der Waals surface area contributed by atoms with Crippen molar-refractivity contribution in [3.63, 3.8) is 0 Å². The van der Waals surface area contributed by atoms with Crippen molar-refractivity contribution in [3.05, 3.63) is 0 Å². The fourth-order valence-corrected chi connectivity index (χ4v) is 0. The average molecular weight is 76.1 g/mol. The molecule has 0 unspecified atom stereocenters. The minimum absolute atomic E-state index is 1.11. The summed E-state index contributed by atoms with van der Waals surface area (Å²) in [6.45, 7) is 0. The van der Waals surface area contributed by atoms with E-state index in [0.717, 1.165) is 0 Å². The molecule has 0 heterocycles. The summed E-state index contributed by atoms with van der Waals surface area (Å²) in [6.07, 6.45) is 1.42. The van der Waals surface area contributed by atoms with Crippen LogP contribution < -0.4 is 0 Å². The Labute approximate surface area is 27.3 Å². The van der Waals surface area contributed by atoms with E-state index in [1.54, 1.807) is 0 Å². The molecule has 0 aliphatic carbocycles. The van der Waals surface area contributed by atoms with E-state index in [-0.39, 0.29) is 0 Å². The normalized spacial score (nSPS) is 6.00. The molecular formula is C2H4OS. The molecule has 0 radical (unpaired) electrons. The Morgan fingerprint density at radius 3 is 2.00 bits per heavy atom. The van der Waals surface area contributed by atoms with Gasteiger partial charge in [0.15, 0.2) is 0 Å². The van der Waals surface area contributed by atoms with Crippen molar-refractivity contribution in [1.82, 2.24) is 0 Å². The van der Waals surface area contributed by atoms with Gasteiger partial charge in [-0.25, -0.2) is 4.21 Å². The maximum atomic E-state index is 9.33. The predicted molar refractivity (Wildman–Crippen MR) is 19.0 cm³/mol. The van der Waals surface area contributed by atoms with Gasteiger partial charge in [-0.3, -0.25) is 0 Å². The van der Waals surface area contributed by atoms with E-state index < -0.39 is 10.2 Å². The Hall–Kier alpha value is -0.200. The minimum atomic E-state index is -1.11. The lowest BCUT2D eigenvalue weighted by Gasteiger charge is -1.38. The molecular weight excluding hydrogens is 72.1 g/mol. The van der Waals surface area contributed by atoms with Crippen molar-refractivity contribution in [2.45, 2.75) is 0 Å². The fourth-order valence-electron chi connectivity index (χ4n) is 0. The second-order valence-corrected chi connectivity index (χ2v) is 1.50. The van der Waals surface area contributed by atoms with Crippen LogP contribution in [0.5, 0.6) is 0 Å². The summed E-state index contributed by atoms with van der Waals surface area (Å²) in [7, 11) is -1.11. The van der Waals surface area contributed by atoms with Crippen LogP contribution in [0.4, 0.5) is 0 Å². The van der Waals surface area contributed by atoms with Crippen LogP contribution in [0.25, 0.3) is 0 Å². The first-order valence-electron chi connectivity index (χ1n) is 0.811. The van der Waals surface area contributed by atoms with Gasteiger partial charge < -0.3 is 0 Å². The molecule has 0 spiro atoms. The summed E-state index contributed by atoms with van der Waals surface area (Å²) in [6, 6.07) is 0. The Morgan fingerprint density at radius 1 is 2.00 bits per heavy atom. The summed E-state index contributed by atoms with van der Waals surface area (Å²) in [5.41, 5.74) is 4.58.